The van der Waals surface area contributed by atoms with Crippen molar-refractivity contribution < 1.29 is 14.3 Å². The van der Waals surface area contributed by atoms with E-state index in [1.54, 1.807) is 6.08 Å². The molecule has 1 aromatic rings. The summed E-state index contributed by atoms with van der Waals surface area (Å²) in [6.45, 7) is 3.76. The summed E-state index contributed by atoms with van der Waals surface area (Å²) in [7, 11) is 0. The number of aliphatic imine (C=N–C) groups is 1. The lowest BCUT2D eigenvalue weighted by Crippen LogP contribution is -1.97. The molecule has 0 amide bonds. The van der Waals surface area contributed by atoms with Crippen LogP contribution in [0.15, 0.2) is 17.1 Å². The maximum Gasteiger partial charge on any atom is 0.235 e. The summed E-state index contributed by atoms with van der Waals surface area (Å²) >= 11 is 0. The maximum absolute atomic E-state index is 10.2. The molecule has 0 aliphatic carbocycles. The molecule has 4 heteroatoms. The van der Waals surface area contributed by atoms with Crippen LogP contribution < -0.4 is 9.47 Å². The summed E-state index contributed by atoms with van der Waals surface area (Å²) in [6.07, 6.45) is 3.33. The first-order valence-corrected chi connectivity index (χ1v) is 5.80. The van der Waals surface area contributed by atoms with Gasteiger partial charge in [-0.2, -0.15) is 0 Å². The highest BCUT2D eigenvalue weighted by Gasteiger charge is 2.13. The lowest BCUT2D eigenvalue weighted by atomic mass is 10.0. The van der Waals surface area contributed by atoms with Gasteiger partial charge in [-0.05, 0) is 29.7 Å². The molecule has 0 saturated heterocycles. The number of ether oxygens (including phenoxy) is 2. The van der Waals surface area contributed by atoms with Gasteiger partial charge in [-0.15, -0.1) is 0 Å². The molecule has 0 bridgehead atoms. The third-order valence-corrected chi connectivity index (χ3v) is 2.76. The topological polar surface area (TPSA) is 47.9 Å². The minimum atomic E-state index is 0.351. The predicted octanol–water partition coefficient (Wildman–Crippen LogP) is 2.25. The van der Waals surface area contributed by atoms with Gasteiger partial charge in [-0.25, -0.2) is 9.79 Å². The minimum Gasteiger partial charge on any atom is -0.490 e. The van der Waals surface area contributed by atoms with E-state index in [4.69, 9.17) is 9.47 Å². The van der Waals surface area contributed by atoms with Crippen LogP contribution in [0.4, 0.5) is 0 Å². The van der Waals surface area contributed by atoms with Crippen molar-refractivity contribution in [3.63, 3.8) is 0 Å². The first-order chi connectivity index (χ1) is 8.35. The van der Waals surface area contributed by atoms with Crippen LogP contribution >= 0.6 is 0 Å². The number of rotatable bonds is 3. The number of hydrogen-bond donors (Lipinski definition) is 0. The molecule has 1 aromatic carbocycles. The number of fused-ring (bicyclic) bond motifs is 1. The number of nitrogens with zero attached hydrogens (tertiary/aromatic N) is 1. The van der Waals surface area contributed by atoms with E-state index in [1.807, 2.05) is 12.1 Å². The average Bonchev–Trinajstić information content (AvgIpc) is 2.59. The summed E-state index contributed by atoms with van der Waals surface area (Å²) < 4.78 is 11.2. The quantitative estimate of drug-likeness (QED) is 0.594. The zero-order valence-corrected chi connectivity index (χ0v) is 9.86. The lowest BCUT2D eigenvalue weighted by molar-refractivity contribution is 0.297. The Morgan fingerprint density at radius 2 is 1.88 bits per heavy atom. The monoisotopic (exact) mass is 233 g/mol. The molecular formula is C13H15NO3. The second kappa shape index (κ2) is 5.51. The number of aryl methyl sites for hydroxylation is 1. The zero-order valence-electron chi connectivity index (χ0n) is 9.86. The van der Waals surface area contributed by atoms with E-state index in [-0.39, 0.29) is 0 Å². The molecular weight excluding hydrogens is 218 g/mol. The third kappa shape index (κ3) is 2.66. The van der Waals surface area contributed by atoms with Gasteiger partial charge in [0.25, 0.3) is 0 Å². The molecule has 0 aromatic heterocycles. The molecule has 0 saturated carbocycles. The van der Waals surface area contributed by atoms with Gasteiger partial charge >= 0.3 is 0 Å². The van der Waals surface area contributed by atoms with Crippen molar-refractivity contribution in [2.75, 3.05) is 13.2 Å². The van der Waals surface area contributed by atoms with E-state index >= 15 is 0 Å². The van der Waals surface area contributed by atoms with E-state index in [1.165, 1.54) is 0 Å². The van der Waals surface area contributed by atoms with E-state index in [0.717, 1.165) is 35.5 Å². The van der Waals surface area contributed by atoms with Gasteiger partial charge < -0.3 is 9.47 Å². The summed E-state index contributed by atoms with van der Waals surface area (Å²) in [4.78, 5) is 13.8. The van der Waals surface area contributed by atoms with Crippen LogP contribution in [0, 0.1) is 0 Å². The molecule has 2 rings (SSSR count). The van der Waals surface area contributed by atoms with E-state index in [0.29, 0.717) is 19.8 Å². The molecule has 90 valence electrons. The van der Waals surface area contributed by atoms with Crippen molar-refractivity contribution in [2.24, 2.45) is 4.99 Å². The number of hydrogen-bond acceptors (Lipinski definition) is 4. The highest BCUT2D eigenvalue weighted by molar-refractivity contribution is 5.48. The van der Waals surface area contributed by atoms with Gasteiger partial charge in [0, 0.05) is 6.42 Å². The second-order valence-corrected chi connectivity index (χ2v) is 3.88. The van der Waals surface area contributed by atoms with E-state index in [2.05, 4.69) is 11.9 Å². The van der Waals surface area contributed by atoms with Crippen LogP contribution in [-0.4, -0.2) is 19.3 Å². The summed E-state index contributed by atoms with van der Waals surface area (Å²) in [6, 6.07) is 3.90. The Morgan fingerprint density at radius 1 is 1.24 bits per heavy atom. The molecule has 17 heavy (non-hydrogen) atoms. The molecule has 0 N–H and O–H groups in total. The highest BCUT2D eigenvalue weighted by atomic mass is 16.5. The molecule has 0 unspecified atom stereocenters. The van der Waals surface area contributed by atoms with Crippen LogP contribution in [0.2, 0.25) is 0 Å². The predicted molar refractivity (Wildman–Crippen MR) is 63.3 cm³/mol. The SMILES string of the molecule is CCc1cc2c(cc1CN=C=O)OCCCO2. The van der Waals surface area contributed by atoms with Crippen LogP contribution in [0.1, 0.15) is 24.5 Å². The molecule has 1 aliphatic rings. The molecule has 0 fully saturated rings. The third-order valence-electron chi connectivity index (χ3n) is 2.76. The van der Waals surface area contributed by atoms with Crippen molar-refractivity contribution in [1.82, 2.24) is 0 Å². The maximum atomic E-state index is 10.2. The van der Waals surface area contributed by atoms with Gasteiger partial charge in [0.2, 0.25) is 6.08 Å². The van der Waals surface area contributed by atoms with Gasteiger partial charge in [0.15, 0.2) is 11.5 Å². The zero-order chi connectivity index (χ0) is 12.1. The van der Waals surface area contributed by atoms with Crippen molar-refractivity contribution in [2.45, 2.75) is 26.3 Å². The lowest BCUT2D eigenvalue weighted by Gasteiger charge is -2.12. The molecule has 1 aliphatic heterocycles. The Kier molecular flexibility index (Phi) is 3.78. The Balaban J connectivity index is 2.38. The van der Waals surface area contributed by atoms with Gasteiger partial charge in [0.1, 0.15) is 0 Å². The van der Waals surface area contributed by atoms with Gasteiger partial charge in [-0.1, -0.05) is 6.92 Å². The first kappa shape index (κ1) is 11.7. The summed E-state index contributed by atoms with van der Waals surface area (Å²) in [5.41, 5.74) is 2.13. The second-order valence-electron chi connectivity index (χ2n) is 3.88. The fourth-order valence-electron chi connectivity index (χ4n) is 1.89. The van der Waals surface area contributed by atoms with Crippen molar-refractivity contribution in [3.8, 4) is 11.5 Å². The Bertz CT molecular complexity index is 450. The molecule has 0 spiro atoms. The summed E-state index contributed by atoms with van der Waals surface area (Å²) in [5.74, 6) is 1.54. The number of carbonyl (C=O) groups excluding carboxylic acids is 1. The minimum absolute atomic E-state index is 0.351. The largest absolute Gasteiger partial charge is 0.490 e. The van der Waals surface area contributed by atoms with Crippen LogP contribution in [0.3, 0.4) is 0 Å². The van der Waals surface area contributed by atoms with Gasteiger partial charge in [0.05, 0.1) is 19.8 Å². The fourth-order valence-corrected chi connectivity index (χ4v) is 1.89. The molecule has 0 radical (unpaired) electrons. The Labute approximate surface area is 100 Å². The number of benzene rings is 1. The molecule has 4 nitrogen and oxygen atoms in total. The normalized spacial score (nSPS) is 13.7. The Morgan fingerprint density at radius 3 is 2.47 bits per heavy atom. The van der Waals surface area contributed by atoms with Crippen LogP contribution in [0.5, 0.6) is 11.5 Å². The Hall–Kier alpha value is -1.80. The smallest absolute Gasteiger partial charge is 0.235 e. The fraction of sp³-hybridized carbons (Fsp3) is 0.462. The standard InChI is InChI=1S/C13H15NO3/c1-2-10-6-12-13(17-5-3-4-16-12)7-11(10)8-14-9-15/h6-7H,2-5,8H2,1H3. The van der Waals surface area contributed by atoms with Crippen molar-refractivity contribution >= 4 is 6.08 Å². The molecule has 1 heterocycles. The highest BCUT2D eigenvalue weighted by Crippen LogP contribution is 2.33. The van der Waals surface area contributed by atoms with E-state index < -0.39 is 0 Å². The van der Waals surface area contributed by atoms with Crippen molar-refractivity contribution in [3.05, 3.63) is 23.3 Å². The van der Waals surface area contributed by atoms with Crippen LogP contribution in [0.25, 0.3) is 0 Å². The number of isocyanates is 1. The molecule has 0 atom stereocenters. The van der Waals surface area contributed by atoms with Crippen LogP contribution in [-0.2, 0) is 17.8 Å². The summed E-state index contributed by atoms with van der Waals surface area (Å²) in [5, 5.41) is 0. The van der Waals surface area contributed by atoms with Crippen molar-refractivity contribution in [1.29, 1.82) is 0 Å². The average molecular weight is 233 g/mol. The van der Waals surface area contributed by atoms with E-state index in [9.17, 15) is 4.79 Å². The first-order valence-electron chi connectivity index (χ1n) is 5.80. The van der Waals surface area contributed by atoms with Gasteiger partial charge in [-0.3, -0.25) is 0 Å².